The van der Waals surface area contributed by atoms with Gasteiger partial charge in [-0.15, -0.1) is 0 Å². The highest BCUT2D eigenvalue weighted by atomic mass is 16.3. The molecular formula is C50H30O. The maximum absolute atomic E-state index is 6.67. The summed E-state index contributed by atoms with van der Waals surface area (Å²) in [6.45, 7) is 0. The third-order valence-corrected chi connectivity index (χ3v) is 10.9. The van der Waals surface area contributed by atoms with Crippen molar-refractivity contribution in [1.29, 1.82) is 0 Å². The van der Waals surface area contributed by atoms with Crippen LogP contribution in [0, 0.1) is 0 Å². The second-order valence-electron chi connectivity index (χ2n) is 13.5. The summed E-state index contributed by atoms with van der Waals surface area (Å²) in [5.41, 5.74) is 9.19. The molecule has 0 atom stereocenters. The number of benzene rings is 10. The predicted octanol–water partition coefficient (Wildman–Crippen LogP) is 14.4. The Labute approximate surface area is 294 Å². The quantitative estimate of drug-likeness (QED) is 0.138. The first-order valence-electron chi connectivity index (χ1n) is 17.6. The first kappa shape index (κ1) is 28.2. The van der Waals surface area contributed by atoms with E-state index in [1.807, 2.05) is 0 Å². The average Bonchev–Trinajstić information content (AvgIpc) is 3.60. The van der Waals surface area contributed by atoms with E-state index < -0.39 is 0 Å². The predicted molar refractivity (Wildman–Crippen MR) is 218 cm³/mol. The van der Waals surface area contributed by atoms with Crippen LogP contribution in [0.25, 0.3) is 109 Å². The summed E-state index contributed by atoms with van der Waals surface area (Å²) in [6, 6.07) is 66.2. The van der Waals surface area contributed by atoms with Crippen LogP contribution in [0.3, 0.4) is 0 Å². The first-order chi connectivity index (χ1) is 25.3. The molecule has 0 amide bonds. The lowest BCUT2D eigenvalue weighted by atomic mass is 9.83. The minimum atomic E-state index is 0.901. The molecule has 0 N–H and O–H groups in total. The van der Waals surface area contributed by atoms with Crippen molar-refractivity contribution in [2.24, 2.45) is 0 Å². The van der Waals surface area contributed by atoms with Crippen LogP contribution >= 0.6 is 0 Å². The van der Waals surface area contributed by atoms with Gasteiger partial charge < -0.3 is 4.42 Å². The van der Waals surface area contributed by atoms with Gasteiger partial charge in [0.25, 0.3) is 0 Å². The van der Waals surface area contributed by atoms with Crippen molar-refractivity contribution in [1.82, 2.24) is 0 Å². The number of hydrogen-bond donors (Lipinski definition) is 0. The molecule has 236 valence electrons. The lowest BCUT2D eigenvalue weighted by Crippen LogP contribution is -1.92. The SMILES string of the molecule is c1ccc(-c2cccc3c2ccc2oc4cccc(-c5c6ccccc6c(-c6cccc7c6ccc6ccccc67)c6ccccc56)c4c23)cc1. The molecule has 51 heavy (non-hydrogen) atoms. The largest absolute Gasteiger partial charge is 0.456 e. The van der Waals surface area contributed by atoms with Gasteiger partial charge in [0.05, 0.1) is 0 Å². The maximum Gasteiger partial charge on any atom is 0.136 e. The lowest BCUT2D eigenvalue weighted by molar-refractivity contribution is 0.669. The van der Waals surface area contributed by atoms with Gasteiger partial charge in [0, 0.05) is 10.8 Å². The van der Waals surface area contributed by atoms with Gasteiger partial charge in [0.2, 0.25) is 0 Å². The van der Waals surface area contributed by atoms with Gasteiger partial charge in [-0.05, 0) is 99.4 Å². The first-order valence-corrected chi connectivity index (χ1v) is 17.6. The fraction of sp³-hybridized carbons (Fsp3) is 0. The molecule has 0 saturated carbocycles. The van der Waals surface area contributed by atoms with Gasteiger partial charge in [-0.2, -0.15) is 0 Å². The summed E-state index contributed by atoms with van der Waals surface area (Å²) in [5, 5.41) is 14.8. The normalized spacial score (nSPS) is 11.9. The Kier molecular flexibility index (Phi) is 6.02. The highest BCUT2D eigenvalue weighted by Crippen LogP contribution is 2.49. The molecule has 0 unspecified atom stereocenters. The van der Waals surface area contributed by atoms with E-state index in [1.54, 1.807) is 0 Å². The highest BCUT2D eigenvalue weighted by molar-refractivity contribution is 6.30. The summed E-state index contributed by atoms with van der Waals surface area (Å²) in [5.74, 6) is 0. The van der Waals surface area contributed by atoms with Crippen LogP contribution in [-0.4, -0.2) is 0 Å². The Balaban J connectivity index is 1.26. The number of furan rings is 1. The molecule has 0 aliphatic carbocycles. The number of fused-ring (bicyclic) bond motifs is 10. The third-order valence-electron chi connectivity index (χ3n) is 10.9. The molecule has 0 radical (unpaired) electrons. The molecular weight excluding hydrogens is 617 g/mol. The molecule has 0 saturated heterocycles. The van der Waals surface area contributed by atoms with E-state index in [1.165, 1.54) is 87.2 Å². The van der Waals surface area contributed by atoms with E-state index in [0.717, 1.165) is 21.9 Å². The van der Waals surface area contributed by atoms with Gasteiger partial charge in [-0.3, -0.25) is 0 Å². The minimum absolute atomic E-state index is 0.901. The standard InChI is InChI=1S/C50H30O/c1-2-13-31(14-3-1)34-21-10-24-39-36(34)29-30-46-49(39)50-44(25-12-26-45(50)51-46)48-42-19-8-6-17-40(42)47(41-18-7-9-20-43(41)48)38-23-11-22-35-33-16-5-4-15-32(33)27-28-37(35)38/h1-30H. The monoisotopic (exact) mass is 646 g/mol. The molecule has 11 aromatic rings. The Morgan fingerprint density at radius 3 is 1.51 bits per heavy atom. The fourth-order valence-electron chi connectivity index (χ4n) is 8.72. The molecule has 11 rings (SSSR count). The van der Waals surface area contributed by atoms with Crippen molar-refractivity contribution in [3.8, 4) is 33.4 Å². The molecule has 0 fully saturated rings. The Morgan fingerprint density at radius 1 is 0.255 bits per heavy atom. The number of hydrogen-bond acceptors (Lipinski definition) is 1. The summed E-state index contributed by atoms with van der Waals surface area (Å²) >= 11 is 0. The van der Waals surface area contributed by atoms with Crippen molar-refractivity contribution in [3.05, 3.63) is 182 Å². The van der Waals surface area contributed by atoms with E-state index in [0.29, 0.717) is 0 Å². The zero-order chi connectivity index (χ0) is 33.5. The van der Waals surface area contributed by atoms with Crippen molar-refractivity contribution in [2.75, 3.05) is 0 Å². The molecule has 0 bridgehead atoms. The maximum atomic E-state index is 6.67. The molecule has 0 spiro atoms. The van der Waals surface area contributed by atoms with E-state index >= 15 is 0 Å². The Morgan fingerprint density at radius 2 is 0.765 bits per heavy atom. The van der Waals surface area contributed by atoms with Gasteiger partial charge in [-0.25, -0.2) is 0 Å². The molecule has 1 heterocycles. The Hall–Kier alpha value is -6.70. The third kappa shape index (κ3) is 4.09. The minimum Gasteiger partial charge on any atom is -0.456 e. The van der Waals surface area contributed by atoms with Crippen LogP contribution in [0.5, 0.6) is 0 Å². The van der Waals surface area contributed by atoms with Crippen molar-refractivity contribution in [3.63, 3.8) is 0 Å². The van der Waals surface area contributed by atoms with Crippen LogP contribution in [0.2, 0.25) is 0 Å². The van der Waals surface area contributed by atoms with Crippen molar-refractivity contribution < 1.29 is 4.42 Å². The smallest absolute Gasteiger partial charge is 0.136 e. The second kappa shape index (κ2) is 10.9. The molecule has 0 aliphatic heterocycles. The zero-order valence-electron chi connectivity index (χ0n) is 27.7. The van der Waals surface area contributed by atoms with Gasteiger partial charge in [0.15, 0.2) is 0 Å². The van der Waals surface area contributed by atoms with E-state index in [9.17, 15) is 0 Å². The summed E-state index contributed by atoms with van der Waals surface area (Å²) in [7, 11) is 0. The van der Waals surface area contributed by atoms with Crippen molar-refractivity contribution in [2.45, 2.75) is 0 Å². The van der Waals surface area contributed by atoms with Gasteiger partial charge in [0.1, 0.15) is 11.2 Å². The fourth-order valence-corrected chi connectivity index (χ4v) is 8.72. The van der Waals surface area contributed by atoms with E-state index in [2.05, 4.69) is 182 Å². The van der Waals surface area contributed by atoms with E-state index in [-0.39, 0.29) is 0 Å². The molecule has 1 heteroatoms. The van der Waals surface area contributed by atoms with E-state index in [4.69, 9.17) is 4.42 Å². The van der Waals surface area contributed by atoms with Crippen molar-refractivity contribution >= 4 is 75.8 Å². The summed E-state index contributed by atoms with van der Waals surface area (Å²) in [4.78, 5) is 0. The molecule has 0 aliphatic rings. The van der Waals surface area contributed by atoms with Crippen LogP contribution in [-0.2, 0) is 0 Å². The van der Waals surface area contributed by atoms with Gasteiger partial charge in [-0.1, -0.05) is 170 Å². The molecule has 1 aromatic heterocycles. The Bertz CT molecular complexity index is 3130. The van der Waals surface area contributed by atoms with Gasteiger partial charge >= 0.3 is 0 Å². The second-order valence-corrected chi connectivity index (χ2v) is 13.5. The average molecular weight is 647 g/mol. The van der Waals surface area contributed by atoms with Crippen LogP contribution in [0.4, 0.5) is 0 Å². The number of rotatable bonds is 3. The van der Waals surface area contributed by atoms with Crippen LogP contribution in [0.1, 0.15) is 0 Å². The zero-order valence-corrected chi connectivity index (χ0v) is 27.7. The van der Waals surface area contributed by atoms with Crippen LogP contribution in [0.15, 0.2) is 186 Å². The highest BCUT2D eigenvalue weighted by Gasteiger charge is 2.22. The van der Waals surface area contributed by atoms with Crippen LogP contribution < -0.4 is 0 Å². The summed E-state index contributed by atoms with van der Waals surface area (Å²) < 4.78 is 6.67. The summed E-state index contributed by atoms with van der Waals surface area (Å²) in [6.07, 6.45) is 0. The topological polar surface area (TPSA) is 13.1 Å². The molecule has 1 nitrogen and oxygen atoms in total. The lowest BCUT2D eigenvalue weighted by Gasteiger charge is -2.19. The molecule has 10 aromatic carbocycles.